The fourth-order valence-electron chi connectivity index (χ4n) is 1.72. The molecular formula is C15H18N2O5S. The monoisotopic (exact) mass is 338 g/mol. The molecule has 0 heterocycles. The Morgan fingerprint density at radius 1 is 1.00 bits per heavy atom. The largest absolute Gasteiger partial charge is 0.452 e. The number of sulfonamides is 1. The fourth-order valence-corrected chi connectivity index (χ4v) is 2.64. The maximum absolute atomic E-state index is 12.0. The van der Waals surface area contributed by atoms with Crippen LogP contribution in [-0.2, 0) is 14.8 Å². The second kappa shape index (κ2) is 6.93. The van der Waals surface area contributed by atoms with E-state index >= 15 is 0 Å². The summed E-state index contributed by atoms with van der Waals surface area (Å²) >= 11 is 0. The Hall–Kier alpha value is -2.87. The first kappa shape index (κ1) is 16.5. The zero-order valence-corrected chi connectivity index (χ0v) is 13.0. The van der Waals surface area contributed by atoms with Crippen molar-refractivity contribution in [2.24, 2.45) is 0 Å². The van der Waals surface area contributed by atoms with Crippen LogP contribution in [0.25, 0.3) is 0 Å². The van der Waals surface area contributed by atoms with Crippen molar-refractivity contribution in [2.75, 3.05) is 12.4 Å². The smallest absolute Gasteiger partial charge is 0.420 e. The van der Waals surface area contributed by atoms with E-state index in [1.54, 1.807) is 35.1 Å². The minimum absolute atomic E-state index is 0. The molecule has 0 saturated heterocycles. The highest BCUT2D eigenvalue weighted by Crippen LogP contribution is 2.15. The van der Waals surface area contributed by atoms with E-state index in [0.717, 1.165) is 7.11 Å². The van der Waals surface area contributed by atoms with Crippen LogP contribution in [-0.4, -0.2) is 27.5 Å². The first-order chi connectivity index (χ1) is 10.9. The number of hydrogen-bond acceptors (Lipinski definition) is 5. The van der Waals surface area contributed by atoms with Crippen molar-refractivity contribution in [3.8, 4) is 0 Å². The topological polar surface area (TPSA) is 102 Å². The van der Waals surface area contributed by atoms with Crippen LogP contribution in [0.5, 0.6) is 0 Å². The number of amides is 2. The summed E-state index contributed by atoms with van der Waals surface area (Å²) in [5, 5.41) is 2.64. The molecule has 7 nitrogen and oxygen atoms in total. The summed E-state index contributed by atoms with van der Waals surface area (Å²) in [5.41, 5.74) is 0.910. The molecule has 0 saturated carbocycles. The quantitative estimate of drug-likeness (QED) is 0.892. The Labute approximate surface area is 136 Å². The van der Waals surface area contributed by atoms with E-state index < -0.39 is 16.1 Å². The maximum atomic E-state index is 12.0. The molecule has 0 bridgehead atoms. The number of benzene rings is 2. The minimum atomic E-state index is -4.01. The van der Waals surface area contributed by atoms with Gasteiger partial charge in [-0.05, 0) is 36.4 Å². The first-order valence-electron chi connectivity index (χ1n) is 6.49. The molecule has 0 fully saturated rings. The molecule has 2 aromatic carbocycles. The molecule has 124 valence electrons. The highest BCUT2D eigenvalue weighted by atomic mass is 32.2. The van der Waals surface area contributed by atoms with Gasteiger partial charge >= 0.3 is 6.09 Å². The van der Waals surface area contributed by atoms with Gasteiger partial charge in [0.2, 0.25) is 0 Å². The summed E-state index contributed by atoms with van der Waals surface area (Å²) in [7, 11) is -2.94. The molecule has 0 aliphatic heterocycles. The van der Waals surface area contributed by atoms with Crippen molar-refractivity contribution in [1.82, 2.24) is 4.72 Å². The lowest BCUT2D eigenvalue weighted by molar-refractivity contribution is 0.102. The lowest BCUT2D eigenvalue weighted by Gasteiger charge is -2.08. The van der Waals surface area contributed by atoms with Crippen molar-refractivity contribution in [1.29, 1.82) is 0 Å². The average molecular weight is 338 g/mol. The van der Waals surface area contributed by atoms with E-state index in [2.05, 4.69) is 10.1 Å². The minimum Gasteiger partial charge on any atom is -0.452 e. The number of nitrogens with one attached hydrogen (secondary N) is 2. The summed E-state index contributed by atoms with van der Waals surface area (Å²) in [5.74, 6) is -0.311. The average Bonchev–Trinajstić information content (AvgIpc) is 2.55. The van der Waals surface area contributed by atoms with Crippen LogP contribution in [0.1, 0.15) is 13.2 Å². The molecule has 0 aromatic heterocycles. The van der Waals surface area contributed by atoms with Crippen LogP contribution in [0.2, 0.25) is 0 Å². The number of anilines is 1. The van der Waals surface area contributed by atoms with E-state index in [-0.39, 0.29) is 13.7 Å². The van der Waals surface area contributed by atoms with Gasteiger partial charge in [0.05, 0.1) is 12.0 Å². The van der Waals surface area contributed by atoms with E-state index in [1.165, 1.54) is 24.3 Å². The number of carbonyl (C=O) groups is 2. The van der Waals surface area contributed by atoms with Gasteiger partial charge in [0.1, 0.15) is 0 Å². The third-order valence-corrected chi connectivity index (χ3v) is 4.19. The van der Waals surface area contributed by atoms with Crippen molar-refractivity contribution in [3.05, 3.63) is 60.2 Å². The Bertz CT molecular complexity index is 812. The molecular weight excluding hydrogens is 320 g/mol. The highest BCUT2D eigenvalue weighted by molar-refractivity contribution is 7.90. The van der Waals surface area contributed by atoms with Gasteiger partial charge in [-0.2, -0.15) is 0 Å². The van der Waals surface area contributed by atoms with Gasteiger partial charge in [0.25, 0.3) is 15.9 Å². The summed E-state index contributed by atoms with van der Waals surface area (Å²) in [6.45, 7) is 0. The van der Waals surface area contributed by atoms with Crippen LogP contribution >= 0.6 is 0 Å². The number of hydrogen-bond donors (Lipinski definition) is 2. The number of rotatable bonds is 4. The third-order valence-electron chi connectivity index (χ3n) is 2.86. The molecule has 2 aromatic rings. The fraction of sp³-hybridized carbons (Fsp3) is 0.0667. The maximum Gasteiger partial charge on any atom is 0.420 e. The highest BCUT2D eigenvalue weighted by Gasteiger charge is 2.17. The first-order valence-corrected chi connectivity index (χ1v) is 7.98. The molecule has 0 radical (unpaired) electrons. The van der Waals surface area contributed by atoms with E-state index in [1.807, 2.05) is 0 Å². The van der Waals surface area contributed by atoms with Crippen LogP contribution in [0.3, 0.4) is 0 Å². The third kappa shape index (κ3) is 4.30. The number of carbonyl (C=O) groups excluding carboxylic acids is 2. The molecule has 0 atom stereocenters. The molecule has 0 unspecified atom stereocenters. The van der Waals surface area contributed by atoms with E-state index in [0.29, 0.717) is 11.3 Å². The van der Waals surface area contributed by atoms with Crippen LogP contribution in [0, 0.1) is 0 Å². The van der Waals surface area contributed by atoms with Crippen molar-refractivity contribution < 1.29 is 25.6 Å². The molecule has 2 rings (SSSR count). The summed E-state index contributed by atoms with van der Waals surface area (Å²) in [6, 6.07) is 14.0. The van der Waals surface area contributed by atoms with E-state index in [9.17, 15) is 18.0 Å². The molecule has 2 amide bonds. The Balaban J connectivity index is 0.00000288. The van der Waals surface area contributed by atoms with Gasteiger partial charge in [0, 0.05) is 14.1 Å². The SMILES string of the molecule is COC(=O)NS(=O)(=O)c1ccc(NC(=O)c2ccccc2)cc1.[HH].[HH]. The standard InChI is InChI=1S/C15H14N2O5S.2H2/c1-22-15(19)17-23(20,21)13-9-7-12(8-10-13)16-14(18)11-5-3-2-4-6-11;;/h2-10H,1H3,(H,16,18)(H,17,19);2*1H. The van der Waals surface area contributed by atoms with Gasteiger partial charge in [-0.15, -0.1) is 0 Å². The molecule has 23 heavy (non-hydrogen) atoms. The van der Waals surface area contributed by atoms with Gasteiger partial charge in [-0.3, -0.25) is 4.79 Å². The zero-order chi connectivity index (χ0) is 16.9. The summed E-state index contributed by atoms with van der Waals surface area (Å²) in [6.07, 6.45) is -1.08. The van der Waals surface area contributed by atoms with Crippen LogP contribution in [0.4, 0.5) is 10.5 Å². The molecule has 0 spiro atoms. The number of methoxy groups -OCH3 is 1. The molecule has 0 aliphatic carbocycles. The zero-order valence-electron chi connectivity index (χ0n) is 12.1. The Morgan fingerprint density at radius 3 is 2.17 bits per heavy atom. The second-order valence-electron chi connectivity index (χ2n) is 4.44. The number of ether oxygens (including phenoxy) is 1. The predicted molar refractivity (Wildman–Crippen MR) is 87.8 cm³/mol. The van der Waals surface area contributed by atoms with Crippen LogP contribution in [0.15, 0.2) is 59.5 Å². The molecule has 2 N–H and O–H groups in total. The van der Waals surface area contributed by atoms with Crippen molar-refractivity contribution in [2.45, 2.75) is 4.90 Å². The van der Waals surface area contributed by atoms with Crippen molar-refractivity contribution >= 4 is 27.7 Å². The molecule has 8 heteroatoms. The van der Waals surface area contributed by atoms with Gasteiger partial charge in [-0.25, -0.2) is 17.9 Å². The normalized spacial score (nSPS) is 10.7. The lowest BCUT2D eigenvalue weighted by Crippen LogP contribution is -2.30. The predicted octanol–water partition coefficient (Wildman–Crippen LogP) is 2.48. The molecule has 0 aliphatic rings. The second-order valence-corrected chi connectivity index (χ2v) is 6.12. The van der Waals surface area contributed by atoms with Gasteiger partial charge < -0.3 is 10.1 Å². The Morgan fingerprint density at radius 2 is 1.61 bits per heavy atom. The Kier molecular flexibility index (Phi) is 4.97. The van der Waals surface area contributed by atoms with Gasteiger partial charge in [-0.1, -0.05) is 18.2 Å². The lowest BCUT2D eigenvalue weighted by atomic mass is 10.2. The summed E-state index contributed by atoms with van der Waals surface area (Å²) in [4.78, 5) is 22.9. The van der Waals surface area contributed by atoms with Gasteiger partial charge in [0.15, 0.2) is 0 Å². The van der Waals surface area contributed by atoms with Crippen LogP contribution < -0.4 is 10.0 Å². The van der Waals surface area contributed by atoms with Crippen molar-refractivity contribution in [3.63, 3.8) is 0 Å². The summed E-state index contributed by atoms with van der Waals surface area (Å²) < 4.78 is 29.7. The van der Waals surface area contributed by atoms with E-state index in [4.69, 9.17) is 0 Å².